The van der Waals surface area contributed by atoms with E-state index < -0.39 is 54.7 Å². The topological polar surface area (TPSA) is 231 Å². The van der Waals surface area contributed by atoms with Gasteiger partial charge in [0.25, 0.3) is 0 Å². The van der Waals surface area contributed by atoms with E-state index in [1.165, 1.54) is 12.1 Å². The Morgan fingerprint density at radius 1 is 0.965 bits per heavy atom. The number of hydrazone groups is 1. The zero-order valence-electron chi connectivity index (χ0n) is 33.8. The number of hydrogen-bond donors (Lipinski definition) is 2. The molecule has 0 fully saturated rings. The van der Waals surface area contributed by atoms with Crippen molar-refractivity contribution in [3.8, 4) is 0 Å². The van der Waals surface area contributed by atoms with Crippen molar-refractivity contribution in [2.24, 2.45) is 10.5 Å². The Hall–Kier alpha value is -2.19. The van der Waals surface area contributed by atoms with Crippen LogP contribution >= 0.6 is 0 Å². The number of carbonyl (C=O) groups is 3. The van der Waals surface area contributed by atoms with E-state index in [-0.39, 0.29) is 102 Å². The molecule has 1 aromatic rings. The van der Waals surface area contributed by atoms with Crippen LogP contribution in [0, 0.1) is 5.41 Å². The van der Waals surface area contributed by atoms with E-state index in [1.807, 2.05) is 58.1 Å². The number of hydrogen-bond acceptors (Lipinski definition) is 12. The number of carbonyl (C=O) groups excluding carboxylic acids is 3. The van der Waals surface area contributed by atoms with Gasteiger partial charge in [-0.05, 0) is 90.8 Å². The average Bonchev–Trinajstić information content (AvgIpc) is 3.45. The van der Waals surface area contributed by atoms with Crippen LogP contribution < -0.4 is 74.9 Å². The van der Waals surface area contributed by atoms with Gasteiger partial charge in [0.2, 0.25) is 17.5 Å². The summed E-state index contributed by atoms with van der Waals surface area (Å²) in [6.45, 7) is 8.66. The minimum absolute atomic E-state index is 0. The van der Waals surface area contributed by atoms with E-state index in [4.69, 9.17) is 0 Å². The number of benzene rings is 1. The maximum Gasteiger partial charge on any atom is 1.00 e. The van der Waals surface area contributed by atoms with E-state index in [9.17, 15) is 45.4 Å². The van der Waals surface area contributed by atoms with Gasteiger partial charge < -0.3 is 29.6 Å². The summed E-state index contributed by atoms with van der Waals surface area (Å²) in [5.74, 6) is -2.53. The number of aliphatic carboxylic acids is 1. The van der Waals surface area contributed by atoms with Crippen molar-refractivity contribution >= 4 is 55.1 Å². The van der Waals surface area contributed by atoms with Crippen molar-refractivity contribution in [1.29, 1.82) is 0 Å². The molecule has 4 rings (SSSR count). The van der Waals surface area contributed by atoms with E-state index in [0.29, 0.717) is 62.9 Å². The van der Waals surface area contributed by atoms with Gasteiger partial charge in [-0.3, -0.25) is 14.6 Å². The quantitative estimate of drug-likeness (QED) is 0.162. The van der Waals surface area contributed by atoms with Gasteiger partial charge in [0, 0.05) is 72.6 Å². The van der Waals surface area contributed by atoms with Gasteiger partial charge >= 0.3 is 59.1 Å². The van der Waals surface area contributed by atoms with Crippen molar-refractivity contribution in [2.75, 3.05) is 25.4 Å². The molecule has 0 bridgehead atoms. The van der Waals surface area contributed by atoms with Gasteiger partial charge in [-0.25, -0.2) is 16.8 Å². The van der Waals surface area contributed by atoms with Gasteiger partial charge in [-0.15, -0.1) is 0 Å². The Balaban J connectivity index is 0.00000561. The van der Waals surface area contributed by atoms with Crippen LogP contribution in [0.15, 0.2) is 64.3 Å². The van der Waals surface area contributed by atoms with Crippen LogP contribution in [0.3, 0.4) is 0 Å². The normalized spacial score (nSPS) is 24.9. The third-order valence-electron chi connectivity index (χ3n) is 10.6. The fourth-order valence-electron chi connectivity index (χ4n) is 7.27. The summed E-state index contributed by atoms with van der Waals surface area (Å²) in [4.78, 5) is 37.0. The summed E-state index contributed by atoms with van der Waals surface area (Å²) in [5.41, 5.74) is 2.31. The van der Waals surface area contributed by atoms with Gasteiger partial charge in [-0.1, -0.05) is 18.2 Å². The molecule has 1 aromatic carbocycles. The second kappa shape index (κ2) is 21.9. The molecular weight excluding hydrogens is 797 g/mol. The summed E-state index contributed by atoms with van der Waals surface area (Å²) in [6, 6.07) is 3.18. The van der Waals surface area contributed by atoms with Crippen LogP contribution in [0.2, 0.25) is 0 Å². The number of nitrogens with zero attached hydrogens (tertiary/aromatic N) is 3. The Labute approximate surface area is 380 Å². The Kier molecular flexibility index (Phi) is 19.6. The number of rotatable bonds is 6. The van der Waals surface area contributed by atoms with Crippen LogP contribution in [0.25, 0.3) is 0 Å². The van der Waals surface area contributed by atoms with Gasteiger partial charge in [-0.2, -0.15) is 9.68 Å². The van der Waals surface area contributed by atoms with Crippen LogP contribution in [0.4, 0.5) is 5.69 Å². The van der Waals surface area contributed by atoms with Crippen molar-refractivity contribution in [2.45, 2.75) is 108 Å². The molecule has 2 amide bonds. The van der Waals surface area contributed by atoms with E-state index in [2.05, 4.69) is 20.3 Å². The molecule has 0 aromatic heterocycles. The number of carboxylic acids is 1. The van der Waals surface area contributed by atoms with Gasteiger partial charge in [0.15, 0.2) is 5.71 Å². The molecular formula is C38H51N5Na2O10S2. The fraction of sp³-hybridized carbons (Fsp3) is 0.553. The number of fused-ring (bicyclic) bond motifs is 3. The maximum atomic E-state index is 12.9. The first-order chi connectivity index (χ1) is 25.7. The Bertz CT molecular complexity index is 2030. The molecule has 0 saturated carbocycles. The van der Waals surface area contributed by atoms with Gasteiger partial charge in [0.1, 0.15) is 16.7 Å². The summed E-state index contributed by atoms with van der Waals surface area (Å²) in [6.07, 6.45) is 12.8. The Morgan fingerprint density at radius 2 is 1.68 bits per heavy atom. The number of carboxylic acid groups (broad SMARTS) is 1. The third kappa shape index (κ3) is 13.9. The molecule has 19 heteroatoms. The predicted molar refractivity (Wildman–Crippen MR) is 202 cm³/mol. The number of allylic oxidation sites excluding steroid dienone is 6. The molecule has 2 unspecified atom stereocenters. The van der Waals surface area contributed by atoms with Crippen LogP contribution in [0.1, 0.15) is 97.5 Å². The summed E-state index contributed by atoms with van der Waals surface area (Å²) in [7, 11) is -9.13. The molecule has 3 heterocycles. The molecule has 302 valence electrons. The second-order valence-corrected chi connectivity index (χ2v) is 17.8. The zero-order valence-corrected chi connectivity index (χ0v) is 39.5. The van der Waals surface area contributed by atoms with Gasteiger partial charge in [0.05, 0.1) is 32.4 Å². The fourth-order valence-corrected chi connectivity index (χ4v) is 8.24. The van der Waals surface area contributed by atoms with E-state index in [0.717, 1.165) is 17.1 Å². The monoisotopic (exact) mass is 847 g/mol. The zero-order chi connectivity index (χ0) is 40.6. The first-order valence-corrected chi connectivity index (χ1v) is 21.6. The largest absolute Gasteiger partial charge is 1.00 e. The van der Waals surface area contributed by atoms with Crippen molar-refractivity contribution in [3.63, 3.8) is 0 Å². The number of amides is 2. The number of nitrogens with one attached hydrogen (secondary N) is 2. The second-order valence-electron chi connectivity index (χ2n) is 14.9. The predicted octanol–water partition coefficient (Wildman–Crippen LogP) is -3.52. The molecule has 57 heavy (non-hydrogen) atoms. The molecule has 0 spiro atoms. The van der Waals surface area contributed by atoms with Crippen molar-refractivity contribution in [1.82, 2.24) is 15.6 Å². The maximum absolute atomic E-state index is 12.9. The van der Waals surface area contributed by atoms with Crippen molar-refractivity contribution < 1.29 is 109 Å². The van der Waals surface area contributed by atoms with E-state index >= 15 is 0 Å². The summed E-state index contributed by atoms with van der Waals surface area (Å²) in [5, 5.41) is 23.5. The van der Waals surface area contributed by atoms with Crippen LogP contribution in [-0.2, 0) is 40.0 Å². The minimum Gasteiger partial charge on any atom is -0.748 e. The molecule has 2 N–H and O–H groups in total. The third-order valence-corrected chi connectivity index (χ3v) is 12.2. The molecule has 0 aliphatic carbocycles. The minimum atomic E-state index is -4.70. The molecule has 3 aliphatic heterocycles. The first-order valence-electron chi connectivity index (χ1n) is 18.6. The Morgan fingerprint density at radius 3 is 2.35 bits per heavy atom. The average molecular weight is 848 g/mol. The summed E-state index contributed by atoms with van der Waals surface area (Å²) < 4.78 is 71.9. The smallest absolute Gasteiger partial charge is 0.748 e. The van der Waals surface area contributed by atoms with Crippen LogP contribution in [-0.4, -0.2) is 96.2 Å². The molecule has 0 radical (unpaired) electrons. The molecule has 2 atom stereocenters. The van der Waals surface area contributed by atoms with E-state index in [1.54, 1.807) is 11.1 Å². The van der Waals surface area contributed by atoms with Crippen molar-refractivity contribution in [3.05, 3.63) is 59.8 Å². The van der Waals surface area contributed by atoms with Crippen LogP contribution in [0.5, 0.6) is 0 Å². The molecule has 15 nitrogen and oxygen atoms in total. The molecule has 0 saturated heterocycles. The molecule has 3 aliphatic rings. The standard InChI is InChI=1S/C38H53N5O10S2.2Na/c1-27-38(4)21-20-34(44)39-22-11-10-14-30(36(46)47)40-35(45)17-9-6-12-23-42-31-19-18-28(55(51,52)53)26-29(31)37(2,3)32(42)15-7-5-8-16-33(38)43(41-27)24-13-25-54(48,49)50;;/h5,7-8,15-16,18-19,26,30H,6,9-14,17,20-25H2,1-4H3,(H4-,39,40,44,45,46,47,48,49,50,51,52,53);;/q;2*+1/p-2. The first kappa shape index (κ1) is 51.0. The SMILES string of the molecule is CC1=NN(CCCS(=O)(=O)[O-])/C2=C/C=C/C=C/C3=[N+](CCCCCC(=O)NC(C(=O)[O-])CCCCNC(=O)CCC12C)c1ccc(S(=O)(=O)[O-])cc1C3(C)C.[Na+].[Na+]. The summed E-state index contributed by atoms with van der Waals surface area (Å²) >= 11 is 0.